The lowest BCUT2D eigenvalue weighted by molar-refractivity contribution is 0.193. The molecule has 1 saturated heterocycles. The van der Waals surface area contributed by atoms with Crippen molar-refractivity contribution in [3.05, 3.63) is 30.3 Å². The highest BCUT2D eigenvalue weighted by Gasteiger charge is 2.26. The molecule has 8 nitrogen and oxygen atoms in total. The Bertz CT molecular complexity index is 689. The van der Waals surface area contributed by atoms with Gasteiger partial charge in [0.25, 0.3) is 0 Å². The fraction of sp³-hybridized carbons (Fsp3) is 0.500. The van der Waals surface area contributed by atoms with Gasteiger partial charge < -0.3 is 15.1 Å². The first kappa shape index (κ1) is 14.9. The summed E-state index contributed by atoms with van der Waals surface area (Å²) in [4.78, 5) is 16.2. The van der Waals surface area contributed by atoms with E-state index in [9.17, 15) is 4.79 Å². The van der Waals surface area contributed by atoms with E-state index in [1.165, 1.54) is 12.8 Å². The molecule has 1 aliphatic carbocycles. The molecule has 1 N–H and O–H groups in total. The van der Waals surface area contributed by atoms with Gasteiger partial charge >= 0.3 is 6.03 Å². The summed E-state index contributed by atoms with van der Waals surface area (Å²) in [6.45, 7) is 3.62. The average molecular weight is 327 g/mol. The summed E-state index contributed by atoms with van der Waals surface area (Å²) in [5, 5.41) is 15.1. The highest BCUT2D eigenvalue weighted by molar-refractivity contribution is 5.74. The highest BCUT2D eigenvalue weighted by atomic mass is 16.2. The fourth-order valence-corrected chi connectivity index (χ4v) is 2.89. The van der Waals surface area contributed by atoms with Crippen LogP contribution in [0.4, 0.5) is 10.7 Å². The van der Waals surface area contributed by atoms with E-state index >= 15 is 0 Å². The van der Waals surface area contributed by atoms with Gasteiger partial charge in [-0.05, 0) is 41.3 Å². The van der Waals surface area contributed by atoms with Gasteiger partial charge in [-0.1, -0.05) is 23.3 Å². The molecule has 8 heteroatoms. The lowest BCUT2D eigenvalue weighted by atomic mass is 10.3. The molecular weight excluding hydrogens is 306 g/mol. The van der Waals surface area contributed by atoms with Crippen molar-refractivity contribution in [2.75, 3.05) is 37.6 Å². The second-order valence-electron chi connectivity index (χ2n) is 6.33. The number of nitrogens with zero attached hydrogens (tertiary/aromatic N) is 6. The molecule has 0 spiro atoms. The van der Waals surface area contributed by atoms with E-state index in [0.29, 0.717) is 19.0 Å². The number of piperazine rings is 1. The first-order valence-corrected chi connectivity index (χ1v) is 8.43. The number of hydrogen-bond acceptors (Lipinski definition) is 5. The molecule has 126 valence electrons. The molecule has 1 aromatic carbocycles. The van der Waals surface area contributed by atoms with Crippen LogP contribution < -0.4 is 10.2 Å². The summed E-state index contributed by atoms with van der Waals surface area (Å²) in [5.74, 6) is 1.42. The maximum Gasteiger partial charge on any atom is 0.317 e. The van der Waals surface area contributed by atoms with Crippen LogP contribution in [0, 0.1) is 5.92 Å². The van der Waals surface area contributed by atoms with Crippen LogP contribution in [-0.4, -0.2) is 63.9 Å². The Labute approximate surface area is 140 Å². The molecule has 4 rings (SSSR count). The van der Waals surface area contributed by atoms with Crippen molar-refractivity contribution >= 4 is 12.0 Å². The molecule has 0 unspecified atom stereocenters. The van der Waals surface area contributed by atoms with E-state index in [1.807, 2.05) is 35.2 Å². The normalized spacial score (nSPS) is 17.8. The van der Waals surface area contributed by atoms with Crippen LogP contribution >= 0.6 is 0 Å². The van der Waals surface area contributed by atoms with Crippen LogP contribution in [0.25, 0.3) is 5.69 Å². The van der Waals surface area contributed by atoms with Crippen LogP contribution in [0.5, 0.6) is 0 Å². The second kappa shape index (κ2) is 6.46. The monoisotopic (exact) mass is 327 g/mol. The number of anilines is 1. The Balaban J connectivity index is 1.38. The smallest absolute Gasteiger partial charge is 0.317 e. The number of para-hydroxylation sites is 1. The van der Waals surface area contributed by atoms with Gasteiger partial charge in [-0.3, -0.25) is 0 Å². The number of nitrogens with one attached hydrogen (secondary N) is 1. The number of benzene rings is 1. The third kappa shape index (κ3) is 3.17. The van der Waals surface area contributed by atoms with Crippen LogP contribution in [-0.2, 0) is 0 Å². The van der Waals surface area contributed by atoms with Gasteiger partial charge in [-0.2, -0.15) is 4.68 Å². The van der Waals surface area contributed by atoms with E-state index in [1.54, 1.807) is 4.68 Å². The zero-order valence-corrected chi connectivity index (χ0v) is 13.5. The van der Waals surface area contributed by atoms with Gasteiger partial charge in [0.1, 0.15) is 0 Å². The number of rotatable bonds is 4. The van der Waals surface area contributed by atoms with Crippen molar-refractivity contribution in [3.63, 3.8) is 0 Å². The molecule has 2 heterocycles. The van der Waals surface area contributed by atoms with Crippen LogP contribution in [0.15, 0.2) is 30.3 Å². The van der Waals surface area contributed by atoms with Crippen molar-refractivity contribution in [2.45, 2.75) is 12.8 Å². The topological polar surface area (TPSA) is 79.2 Å². The van der Waals surface area contributed by atoms with Crippen molar-refractivity contribution in [1.29, 1.82) is 0 Å². The summed E-state index contributed by atoms with van der Waals surface area (Å²) in [6.07, 6.45) is 2.49. The van der Waals surface area contributed by atoms with Gasteiger partial charge in [-0.25, -0.2) is 4.79 Å². The Morgan fingerprint density at radius 3 is 2.58 bits per heavy atom. The second-order valence-corrected chi connectivity index (χ2v) is 6.33. The lowest BCUT2D eigenvalue weighted by Gasteiger charge is -2.34. The molecule has 1 saturated carbocycles. The first-order chi connectivity index (χ1) is 11.8. The minimum absolute atomic E-state index is 0.0456. The number of amides is 2. The maximum absolute atomic E-state index is 12.2. The fourth-order valence-electron chi connectivity index (χ4n) is 2.89. The van der Waals surface area contributed by atoms with E-state index < -0.39 is 0 Å². The third-order valence-electron chi connectivity index (χ3n) is 4.54. The van der Waals surface area contributed by atoms with Crippen molar-refractivity contribution in [1.82, 2.24) is 30.4 Å². The van der Waals surface area contributed by atoms with Gasteiger partial charge in [0.05, 0.1) is 5.69 Å². The van der Waals surface area contributed by atoms with Crippen molar-refractivity contribution in [3.8, 4) is 5.69 Å². The Hall–Kier alpha value is -2.64. The highest BCUT2D eigenvalue weighted by Crippen LogP contribution is 2.27. The molecule has 1 aromatic heterocycles. The number of hydrogen-bond donors (Lipinski definition) is 1. The Morgan fingerprint density at radius 1 is 1.12 bits per heavy atom. The van der Waals surface area contributed by atoms with E-state index in [0.717, 1.165) is 31.3 Å². The zero-order valence-electron chi connectivity index (χ0n) is 13.5. The zero-order chi connectivity index (χ0) is 16.4. The SMILES string of the molecule is O=C(NCC1CC1)N1CCN(c2nnnn2-c2ccccc2)CC1. The minimum Gasteiger partial charge on any atom is -0.338 e. The minimum atomic E-state index is 0.0456. The molecule has 24 heavy (non-hydrogen) atoms. The van der Waals surface area contributed by atoms with Gasteiger partial charge in [0, 0.05) is 32.7 Å². The molecule has 2 aromatic rings. The van der Waals surface area contributed by atoms with Gasteiger partial charge in [0.15, 0.2) is 0 Å². The van der Waals surface area contributed by atoms with Crippen LogP contribution in [0.3, 0.4) is 0 Å². The number of tetrazole rings is 1. The van der Waals surface area contributed by atoms with E-state index in [4.69, 9.17) is 0 Å². The average Bonchev–Trinajstić information content (AvgIpc) is 3.34. The molecule has 2 aliphatic rings. The predicted octanol–water partition coefficient (Wildman–Crippen LogP) is 0.904. The summed E-state index contributed by atoms with van der Waals surface area (Å²) in [6, 6.07) is 9.88. The number of carbonyl (C=O) groups is 1. The predicted molar refractivity (Wildman–Crippen MR) is 89.1 cm³/mol. The molecule has 2 amide bonds. The van der Waals surface area contributed by atoms with E-state index in [2.05, 4.69) is 25.7 Å². The molecule has 1 aliphatic heterocycles. The van der Waals surface area contributed by atoms with Gasteiger partial charge in [0.2, 0.25) is 5.95 Å². The number of urea groups is 1. The maximum atomic E-state index is 12.2. The summed E-state index contributed by atoms with van der Waals surface area (Å²) in [7, 11) is 0. The quantitative estimate of drug-likeness (QED) is 0.903. The summed E-state index contributed by atoms with van der Waals surface area (Å²) < 4.78 is 1.74. The standard InChI is InChI=1S/C16H21N7O/c24-16(17-12-13-6-7-13)22-10-8-21(9-11-22)15-18-19-20-23(15)14-4-2-1-3-5-14/h1-5,13H,6-12H2,(H,17,24). The number of aromatic nitrogens is 4. The molecule has 0 radical (unpaired) electrons. The largest absolute Gasteiger partial charge is 0.338 e. The Kier molecular flexibility index (Phi) is 4.02. The van der Waals surface area contributed by atoms with Gasteiger partial charge in [-0.15, -0.1) is 0 Å². The summed E-state index contributed by atoms with van der Waals surface area (Å²) in [5.41, 5.74) is 0.933. The Morgan fingerprint density at radius 2 is 1.88 bits per heavy atom. The first-order valence-electron chi connectivity index (χ1n) is 8.43. The third-order valence-corrected chi connectivity index (χ3v) is 4.54. The van der Waals surface area contributed by atoms with Crippen molar-refractivity contribution < 1.29 is 4.79 Å². The summed E-state index contributed by atoms with van der Waals surface area (Å²) >= 11 is 0. The molecule has 2 fully saturated rings. The lowest BCUT2D eigenvalue weighted by Crippen LogP contribution is -2.52. The molecule has 0 bridgehead atoms. The van der Waals surface area contributed by atoms with Crippen LogP contribution in [0.2, 0.25) is 0 Å². The molecule has 0 atom stereocenters. The molecular formula is C16H21N7O. The van der Waals surface area contributed by atoms with Crippen LogP contribution in [0.1, 0.15) is 12.8 Å². The number of carbonyl (C=O) groups excluding carboxylic acids is 1. The van der Waals surface area contributed by atoms with E-state index in [-0.39, 0.29) is 6.03 Å². The van der Waals surface area contributed by atoms with Crippen molar-refractivity contribution in [2.24, 2.45) is 5.92 Å².